The first kappa shape index (κ1) is 16.2. The summed E-state index contributed by atoms with van der Waals surface area (Å²) in [4.78, 5) is 24.0. The van der Waals surface area contributed by atoms with Gasteiger partial charge in [0.2, 0.25) is 0 Å². The molecular weight excluding hydrogens is 300 g/mol. The number of fused-ring (bicyclic) bond motifs is 1. The second-order valence-electron chi connectivity index (χ2n) is 5.23. The van der Waals surface area contributed by atoms with Crippen LogP contribution in [0.2, 0.25) is 0 Å². The zero-order valence-corrected chi connectivity index (χ0v) is 14.1. The molecule has 0 fully saturated rings. The van der Waals surface area contributed by atoms with E-state index in [1.807, 2.05) is 32.7 Å². The Labute approximate surface area is 133 Å². The van der Waals surface area contributed by atoms with Gasteiger partial charge in [-0.2, -0.15) is 5.26 Å². The molecule has 2 heterocycles. The van der Waals surface area contributed by atoms with E-state index in [1.165, 1.54) is 18.4 Å². The molecule has 0 aliphatic rings. The molecule has 116 valence electrons. The SMILES string of the molecule is COC(=O)c1sc2nc(C)nc(N(C)C[C@@H](C)C#N)c2c1C. The van der Waals surface area contributed by atoms with Gasteiger partial charge in [0.25, 0.3) is 0 Å². The number of methoxy groups -OCH3 is 1. The Morgan fingerprint density at radius 3 is 2.73 bits per heavy atom. The van der Waals surface area contributed by atoms with E-state index in [0.717, 1.165) is 21.6 Å². The van der Waals surface area contributed by atoms with E-state index in [9.17, 15) is 4.79 Å². The third kappa shape index (κ3) is 2.88. The molecule has 0 amide bonds. The normalized spacial score (nSPS) is 12.0. The molecule has 0 aliphatic carbocycles. The Balaban J connectivity index is 2.61. The second kappa shape index (κ2) is 6.28. The minimum atomic E-state index is -0.364. The van der Waals surface area contributed by atoms with Crippen molar-refractivity contribution in [2.24, 2.45) is 5.92 Å². The number of aromatic nitrogens is 2. The molecule has 2 aromatic rings. The number of thiophene rings is 1. The number of aryl methyl sites for hydroxylation is 2. The van der Waals surface area contributed by atoms with E-state index in [0.29, 0.717) is 17.2 Å². The minimum absolute atomic E-state index is 0.116. The highest BCUT2D eigenvalue weighted by molar-refractivity contribution is 7.20. The molecule has 0 radical (unpaired) electrons. The molecule has 6 nitrogen and oxygen atoms in total. The zero-order chi connectivity index (χ0) is 16.4. The van der Waals surface area contributed by atoms with Crippen molar-refractivity contribution in [3.63, 3.8) is 0 Å². The van der Waals surface area contributed by atoms with Crippen LogP contribution >= 0.6 is 11.3 Å². The number of ether oxygens (including phenoxy) is 1. The zero-order valence-electron chi connectivity index (χ0n) is 13.3. The van der Waals surface area contributed by atoms with Crippen molar-refractivity contribution in [3.05, 3.63) is 16.3 Å². The lowest BCUT2D eigenvalue weighted by Gasteiger charge is -2.20. The number of hydrogen-bond acceptors (Lipinski definition) is 7. The van der Waals surface area contributed by atoms with Crippen molar-refractivity contribution >= 4 is 33.3 Å². The van der Waals surface area contributed by atoms with Crippen LogP contribution in [-0.4, -0.2) is 36.6 Å². The smallest absolute Gasteiger partial charge is 0.348 e. The van der Waals surface area contributed by atoms with Gasteiger partial charge in [-0.3, -0.25) is 0 Å². The topological polar surface area (TPSA) is 79.1 Å². The summed E-state index contributed by atoms with van der Waals surface area (Å²) >= 11 is 1.31. The molecule has 1 atom stereocenters. The standard InChI is InChI=1S/C15H18N4O2S/c1-8(6-16)7-19(4)13-11-9(2)12(15(20)21-5)22-14(11)18-10(3)17-13/h8H,7H2,1-5H3/t8-/m0/s1. The molecule has 0 N–H and O–H groups in total. The van der Waals surface area contributed by atoms with Crippen molar-refractivity contribution in [3.8, 4) is 6.07 Å². The van der Waals surface area contributed by atoms with Gasteiger partial charge in [-0.05, 0) is 26.3 Å². The van der Waals surface area contributed by atoms with E-state index in [1.54, 1.807) is 0 Å². The van der Waals surface area contributed by atoms with E-state index in [4.69, 9.17) is 10.00 Å². The Morgan fingerprint density at radius 1 is 1.45 bits per heavy atom. The molecule has 0 aliphatic heterocycles. The van der Waals surface area contributed by atoms with Crippen molar-refractivity contribution in [1.82, 2.24) is 9.97 Å². The number of nitriles is 1. The number of hydrogen-bond donors (Lipinski definition) is 0. The molecule has 0 saturated heterocycles. The summed E-state index contributed by atoms with van der Waals surface area (Å²) in [7, 11) is 3.26. The van der Waals surface area contributed by atoms with Crippen LogP contribution in [0.3, 0.4) is 0 Å². The Morgan fingerprint density at radius 2 is 2.14 bits per heavy atom. The number of anilines is 1. The van der Waals surface area contributed by atoms with E-state index >= 15 is 0 Å². The first-order valence-corrected chi connectivity index (χ1v) is 7.67. The molecule has 7 heteroatoms. The highest BCUT2D eigenvalue weighted by atomic mass is 32.1. The number of rotatable bonds is 4. The quantitative estimate of drug-likeness (QED) is 0.806. The summed E-state index contributed by atoms with van der Waals surface area (Å²) in [5.74, 6) is 0.900. The fourth-order valence-corrected chi connectivity index (χ4v) is 3.46. The molecule has 0 saturated carbocycles. The largest absolute Gasteiger partial charge is 0.465 e. The monoisotopic (exact) mass is 318 g/mol. The summed E-state index contributed by atoms with van der Waals surface area (Å²) in [5, 5.41) is 9.84. The Hall–Kier alpha value is -2.20. The summed E-state index contributed by atoms with van der Waals surface area (Å²) in [6.07, 6.45) is 0. The fourth-order valence-electron chi connectivity index (χ4n) is 2.32. The van der Waals surface area contributed by atoms with Crippen LogP contribution in [0, 0.1) is 31.1 Å². The lowest BCUT2D eigenvalue weighted by molar-refractivity contribution is 0.0605. The van der Waals surface area contributed by atoms with Gasteiger partial charge in [-0.1, -0.05) is 0 Å². The summed E-state index contributed by atoms with van der Waals surface area (Å²) in [5.41, 5.74) is 0.818. The summed E-state index contributed by atoms with van der Waals surface area (Å²) in [6.45, 7) is 6.11. The van der Waals surface area contributed by atoms with Crippen molar-refractivity contribution in [2.45, 2.75) is 20.8 Å². The van der Waals surface area contributed by atoms with E-state index in [-0.39, 0.29) is 11.9 Å². The molecule has 0 spiro atoms. The van der Waals surface area contributed by atoms with Gasteiger partial charge in [0.05, 0.1) is 24.5 Å². The third-order valence-corrected chi connectivity index (χ3v) is 4.55. The Kier molecular flexibility index (Phi) is 4.62. The molecule has 2 rings (SSSR count). The predicted molar refractivity (Wildman–Crippen MR) is 86.3 cm³/mol. The van der Waals surface area contributed by atoms with Gasteiger partial charge in [0.1, 0.15) is 21.3 Å². The van der Waals surface area contributed by atoms with Crippen molar-refractivity contribution < 1.29 is 9.53 Å². The third-order valence-electron chi connectivity index (χ3n) is 3.38. The molecule has 0 bridgehead atoms. The summed E-state index contributed by atoms with van der Waals surface area (Å²) in [6, 6.07) is 2.22. The van der Waals surface area contributed by atoms with E-state index in [2.05, 4.69) is 16.0 Å². The molecule has 0 aromatic carbocycles. The molecule has 2 aromatic heterocycles. The maximum atomic E-state index is 11.9. The number of esters is 1. The highest BCUT2D eigenvalue weighted by Crippen LogP contribution is 2.35. The van der Waals surface area contributed by atoms with Gasteiger partial charge >= 0.3 is 5.97 Å². The molecule has 22 heavy (non-hydrogen) atoms. The van der Waals surface area contributed by atoms with Crippen molar-refractivity contribution in [2.75, 3.05) is 25.6 Å². The van der Waals surface area contributed by atoms with Gasteiger partial charge in [0.15, 0.2) is 0 Å². The average molecular weight is 318 g/mol. The second-order valence-corrected chi connectivity index (χ2v) is 6.23. The van der Waals surface area contributed by atoms with Crippen LogP contribution in [0.4, 0.5) is 5.82 Å². The van der Waals surface area contributed by atoms with Gasteiger partial charge in [0, 0.05) is 13.6 Å². The lowest BCUT2D eigenvalue weighted by Crippen LogP contribution is -2.24. The van der Waals surface area contributed by atoms with Crippen LogP contribution < -0.4 is 4.90 Å². The van der Waals surface area contributed by atoms with Crippen LogP contribution in [-0.2, 0) is 4.74 Å². The van der Waals surface area contributed by atoms with Crippen LogP contribution in [0.25, 0.3) is 10.2 Å². The van der Waals surface area contributed by atoms with Crippen LogP contribution in [0.15, 0.2) is 0 Å². The molecular formula is C15H18N4O2S. The van der Waals surface area contributed by atoms with Gasteiger partial charge in [-0.15, -0.1) is 11.3 Å². The number of carbonyl (C=O) groups excluding carboxylic acids is 1. The lowest BCUT2D eigenvalue weighted by atomic mass is 10.1. The Bertz CT molecular complexity index is 763. The van der Waals surface area contributed by atoms with Crippen LogP contribution in [0.5, 0.6) is 0 Å². The van der Waals surface area contributed by atoms with Crippen molar-refractivity contribution in [1.29, 1.82) is 5.26 Å². The predicted octanol–water partition coefficient (Wildman–Crippen LogP) is 2.69. The number of nitrogens with zero attached hydrogens (tertiary/aromatic N) is 4. The fraction of sp³-hybridized carbons (Fsp3) is 0.467. The van der Waals surface area contributed by atoms with Gasteiger partial charge < -0.3 is 9.64 Å². The minimum Gasteiger partial charge on any atom is -0.465 e. The first-order valence-electron chi connectivity index (χ1n) is 6.85. The van der Waals surface area contributed by atoms with E-state index < -0.39 is 0 Å². The maximum Gasteiger partial charge on any atom is 0.348 e. The first-order chi connectivity index (χ1) is 10.4. The van der Waals surface area contributed by atoms with Gasteiger partial charge in [-0.25, -0.2) is 14.8 Å². The molecule has 0 unspecified atom stereocenters. The summed E-state index contributed by atoms with van der Waals surface area (Å²) < 4.78 is 4.83. The maximum absolute atomic E-state index is 11.9. The number of carbonyl (C=O) groups is 1. The highest BCUT2D eigenvalue weighted by Gasteiger charge is 2.22. The average Bonchev–Trinajstić information content (AvgIpc) is 2.82. The van der Waals surface area contributed by atoms with Crippen LogP contribution in [0.1, 0.15) is 28.0 Å².